The Labute approximate surface area is 160 Å². The Morgan fingerprint density at radius 2 is 1.93 bits per heavy atom. The first kappa shape index (κ1) is 17.7. The third-order valence-electron chi connectivity index (χ3n) is 4.82. The van der Waals surface area contributed by atoms with Gasteiger partial charge in [0.15, 0.2) is 0 Å². The molecule has 3 aromatic rings. The van der Waals surface area contributed by atoms with Crippen molar-refractivity contribution in [1.29, 1.82) is 0 Å². The van der Waals surface area contributed by atoms with Gasteiger partial charge in [-0.2, -0.15) is 5.10 Å². The summed E-state index contributed by atoms with van der Waals surface area (Å²) in [6, 6.07) is 6.95. The molecular weight excluding hydrogens is 364 g/mol. The van der Waals surface area contributed by atoms with Crippen LogP contribution in [0.5, 0.6) is 5.19 Å². The molecule has 1 saturated heterocycles. The van der Waals surface area contributed by atoms with E-state index in [2.05, 4.69) is 41.2 Å². The van der Waals surface area contributed by atoms with Crippen LogP contribution in [-0.2, 0) is 0 Å². The van der Waals surface area contributed by atoms with Crippen LogP contribution in [0, 0.1) is 13.8 Å². The molecule has 4 rings (SSSR count). The van der Waals surface area contributed by atoms with Crippen molar-refractivity contribution in [1.82, 2.24) is 20.1 Å². The molecule has 1 aliphatic rings. The van der Waals surface area contributed by atoms with Gasteiger partial charge in [-0.1, -0.05) is 23.5 Å². The first-order chi connectivity index (χ1) is 13.0. The molecule has 0 saturated carbocycles. The van der Waals surface area contributed by atoms with Crippen molar-refractivity contribution in [2.75, 3.05) is 13.1 Å². The second-order valence-electron chi connectivity index (χ2n) is 6.77. The number of carbonyl (C=O) groups is 1. The molecule has 1 fully saturated rings. The average Bonchev–Trinajstić information content (AvgIpc) is 3.11. The number of carbonyl (C=O) groups excluding carboxylic acids is 1. The zero-order valence-electron chi connectivity index (χ0n) is 15.2. The molecule has 27 heavy (non-hydrogen) atoms. The van der Waals surface area contributed by atoms with E-state index in [4.69, 9.17) is 4.74 Å². The number of hydrogen-bond acceptors (Lipinski definition) is 6. The number of nitrogens with zero attached hydrogens (tertiary/aromatic N) is 3. The number of aryl methyl sites for hydroxylation is 2. The summed E-state index contributed by atoms with van der Waals surface area (Å²) in [6.45, 7) is 5.32. The molecule has 1 aromatic carbocycles. The van der Waals surface area contributed by atoms with Gasteiger partial charge < -0.3 is 9.64 Å². The van der Waals surface area contributed by atoms with E-state index >= 15 is 0 Å². The zero-order chi connectivity index (χ0) is 19.0. The van der Waals surface area contributed by atoms with Crippen LogP contribution in [-0.4, -0.2) is 45.2 Å². The molecule has 0 unspecified atom stereocenters. The summed E-state index contributed by atoms with van der Waals surface area (Å²) in [4.78, 5) is 29.9. The molecule has 0 bridgehead atoms. The Balaban J connectivity index is 1.40. The fraction of sp³-hybridized carbons (Fsp3) is 0.368. The smallest absolute Gasteiger partial charge is 0.274 e. The number of ether oxygens (including phenoxy) is 1. The minimum absolute atomic E-state index is 0.0405. The molecule has 140 valence electrons. The topological polar surface area (TPSA) is 88.2 Å². The van der Waals surface area contributed by atoms with Crippen molar-refractivity contribution in [2.45, 2.75) is 32.8 Å². The van der Waals surface area contributed by atoms with Crippen LogP contribution in [0.3, 0.4) is 0 Å². The van der Waals surface area contributed by atoms with Gasteiger partial charge in [-0.05, 0) is 31.0 Å². The summed E-state index contributed by atoms with van der Waals surface area (Å²) < 4.78 is 7.27. The van der Waals surface area contributed by atoms with Gasteiger partial charge >= 0.3 is 0 Å². The third-order valence-corrected chi connectivity index (χ3v) is 5.90. The second-order valence-corrected chi connectivity index (χ2v) is 7.73. The summed E-state index contributed by atoms with van der Waals surface area (Å²) in [7, 11) is 0. The molecule has 2 aromatic heterocycles. The standard InChI is InChI=1S/C19H20N4O3S/c1-11-3-4-12(2)17-16(11)20-19(27-17)26-13-7-9-23(10-8-13)18(25)14-5-6-15(24)22-21-14/h3-6,13H,7-10H2,1-2H3,(H,22,24). The van der Waals surface area contributed by atoms with Crippen LogP contribution >= 0.6 is 11.3 Å². The van der Waals surface area contributed by atoms with Gasteiger partial charge in [0, 0.05) is 32.0 Å². The van der Waals surface area contributed by atoms with E-state index in [0.29, 0.717) is 18.3 Å². The fourth-order valence-electron chi connectivity index (χ4n) is 3.23. The summed E-state index contributed by atoms with van der Waals surface area (Å²) in [5.41, 5.74) is 3.30. The van der Waals surface area contributed by atoms with Gasteiger partial charge in [0.1, 0.15) is 11.8 Å². The van der Waals surface area contributed by atoms with E-state index in [1.165, 1.54) is 22.4 Å². The van der Waals surface area contributed by atoms with Crippen LogP contribution in [0.25, 0.3) is 10.2 Å². The molecule has 0 radical (unpaired) electrons. The van der Waals surface area contributed by atoms with Gasteiger partial charge in [-0.25, -0.2) is 10.1 Å². The monoisotopic (exact) mass is 384 g/mol. The Kier molecular flexibility index (Phi) is 4.65. The first-order valence-corrected chi connectivity index (χ1v) is 9.71. The first-order valence-electron chi connectivity index (χ1n) is 8.89. The second kappa shape index (κ2) is 7.11. The van der Waals surface area contributed by atoms with Crippen molar-refractivity contribution >= 4 is 27.5 Å². The Hall–Kier alpha value is -2.74. The lowest BCUT2D eigenvalue weighted by Crippen LogP contribution is -2.42. The minimum Gasteiger partial charge on any atom is -0.467 e. The van der Waals surface area contributed by atoms with E-state index in [9.17, 15) is 9.59 Å². The van der Waals surface area contributed by atoms with Crippen LogP contribution < -0.4 is 10.3 Å². The lowest BCUT2D eigenvalue weighted by molar-refractivity contribution is 0.0589. The van der Waals surface area contributed by atoms with E-state index in [1.807, 2.05) is 0 Å². The van der Waals surface area contributed by atoms with Gasteiger partial charge in [0.05, 0.1) is 10.2 Å². The molecule has 8 heteroatoms. The van der Waals surface area contributed by atoms with E-state index in [1.54, 1.807) is 16.2 Å². The highest BCUT2D eigenvalue weighted by molar-refractivity contribution is 7.20. The van der Waals surface area contributed by atoms with Crippen LogP contribution in [0.1, 0.15) is 34.5 Å². The van der Waals surface area contributed by atoms with E-state index < -0.39 is 0 Å². The quantitative estimate of drug-likeness (QED) is 0.750. The number of fused-ring (bicyclic) bond motifs is 1. The number of aromatic nitrogens is 3. The molecule has 1 N–H and O–H groups in total. The summed E-state index contributed by atoms with van der Waals surface area (Å²) in [5.74, 6) is -0.170. The maximum atomic E-state index is 12.5. The van der Waals surface area contributed by atoms with Crippen LogP contribution in [0.4, 0.5) is 0 Å². The van der Waals surface area contributed by atoms with Crippen LogP contribution in [0.2, 0.25) is 0 Å². The third kappa shape index (κ3) is 3.57. The van der Waals surface area contributed by atoms with Gasteiger partial charge in [0.2, 0.25) is 0 Å². The van der Waals surface area contributed by atoms with Crippen molar-refractivity contribution in [3.8, 4) is 5.19 Å². The number of aromatic amines is 1. The van der Waals surface area contributed by atoms with Crippen molar-refractivity contribution in [2.24, 2.45) is 0 Å². The minimum atomic E-state index is -0.319. The van der Waals surface area contributed by atoms with Gasteiger partial charge in [-0.15, -0.1) is 0 Å². The molecular formula is C19H20N4O3S. The van der Waals surface area contributed by atoms with Crippen LogP contribution in [0.15, 0.2) is 29.1 Å². The number of rotatable bonds is 3. The summed E-state index contributed by atoms with van der Waals surface area (Å²) >= 11 is 1.58. The number of likely N-dealkylation sites (tertiary alicyclic amines) is 1. The molecule has 0 atom stereocenters. The zero-order valence-corrected chi connectivity index (χ0v) is 16.0. The molecule has 0 aliphatic carbocycles. The Morgan fingerprint density at radius 1 is 1.19 bits per heavy atom. The molecule has 1 aliphatic heterocycles. The molecule has 3 heterocycles. The van der Waals surface area contributed by atoms with E-state index in [0.717, 1.165) is 23.9 Å². The number of thiazole rings is 1. The maximum Gasteiger partial charge on any atom is 0.274 e. The largest absolute Gasteiger partial charge is 0.467 e. The molecule has 0 spiro atoms. The highest BCUT2D eigenvalue weighted by Crippen LogP contribution is 2.33. The van der Waals surface area contributed by atoms with E-state index in [-0.39, 0.29) is 23.3 Å². The lowest BCUT2D eigenvalue weighted by Gasteiger charge is -2.31. The van der Waals surface area contributed by atoms with Gasteiger partial charge in [-0.3, -0.25) is 9.59 Å². The molecule has 1 amide bonds. The predicted octanol–water partition coefficient (Wildman–Crippen LogP) is 2.68. The van der Waals surface area contributed by atoms with Crippen molar-refractivity contribution in [3.05, 3.63) is 51.4 Å². The Morgan fingerprint density at radius 3 is 2.59 bits per heavy atom. The van der Waals surface area contributed by atoms with Crippen molar-refractivity contribution in [3.63, 3.8) is 0 Å². The number of hydrogen-bond donors (Lipinski definition) is 1. The number of benzene rings is 1. The number of amides is 1. The number of nitrogens with one attached hydrogen (secondary N) is 1. The highest BCUT2D eigenvalue weighted by atomic mass is 32.1. The SMILES string of the molecule is Cc1ccc(C)c2sc(OC3CCN(C(=O)c4ccc(=O)[nH]n4)CC3)nc12. The lowest BCUT2D eigenvalue weighted by atomic mass is 10.1. The predicted molar refractivity (Wildman–Crippen MR) is 104 cm³/mol. The molecule has 7 nitrogen and oxygen atoms in total. The summed E-state index contributed by atoms with van der Waals surface area (Å²) in [5, 5.41) is 6.80. The normalized spacial score (nSPS) is 15.3. The fourth-order valence-corrected chi connectivity index (χ4v) is 4.26. The number of H-pyrrole nitrogens is 1. The highest BCUT2D eigenvalue weighted by Gasteiger charge is 2.26. The maximum absolute atomic E-state index is 12.5. The number of piperidine rings is 1. The Bertz CT molecular complexity index is 991. The summed E-state index contributed by atoms with van der Waals surface area (Å²) in [6.07, 6.45) is 1.52. The average molecular weight is 384 g/mol. The van der Waals surface area contributed by atoms with Gasteiger partial charge in [0.25, 0.3) is 16.7 Å². The van der Waals surface area contributed by atoms with Crippen molar-refractivity contribution < 1.29 is 9.53 Å².